The SMILES string of the molecule is CCCC[C@H](C)C[C@H](O)C=C[C@@H]1[C@H]2CC(CCOCC(=O)N(C)C(C)(C)C)=C[C@H]2C[C@H]1O. The Bertz CT molecular complexity index is 651. The highest BCUT2D eigenvalue weighted by atomic mass is 16.5. The van der Waals surface area contributed by atoms with E-state index in [1.54, 1.807) is 4.90 Å². The van der Waals surface area contributed by atoms with E-state index in [1.165, 1.54) is 18.4 Å². The van der Waals surface area contributed by atoms with Gasteiger partial charge in [0, 0.05) is 18.5 Å². The second-order valence-electron chi connectivity index (χ2n) is 11.1. The van der Waals surface area contributed by atoms with Gasteiger partial charge in [0.05, 0.1) is 18.8 Å². The predicted molar refractivity (Wildman–Crippen MR) is 130 cm³/mol. The number of carbonyl (C=O) groups is 1. The van der Waals surface area contributed by atoms with E-state index in [-0.39, 0.29) is 30.1 Å². The van der Waals surface area contributed by atoms with Crippen LogP contribution in [0.25, 0.3) is 0 Å². The molecule has 0 spiro atoms. The zero-order valence-corrected chi connectivity index (χ0v) is 21.2. The predicted octanol–water partition coefficient (Wildman–Crippen LogP) is 4.73. The zero-order chi connectivity index (χ0) is 23.9. The van der Waals surface area contributed by atoms with Gasteiger partial charge in [-0.2, -0.15) is 0 Å². The number of aliphatic hydroxyl groups is 2. The molecule has 0 heterocycles. The third-order valence-electron chi connectivity index (χ3n) is 7.37. The summed E-state index contributed by atoms with van der Waals surface area (Å²) in [6, 6.07) is 0. The van der Waals surface area contributed by atoms with Crippen LogP contribution in [0, 0.1) is 23.7 Å². The molecule has 184 valence electrons. The van der Waals surface area contributed by atoms with Crippen LogP contribution in [0.4, 0.5) is 0 Å². The zero-order valence-electron chi connectivity index (χ0n) is 21.2. The minimum atomic E-state index is -0.431. The molecule has 5 nitrogen and oxygen atoms in total. The van der Waals surface area contributed by atoms with Crippen molar-refractivity contribution in [1.82, 2.24) is 4.90 Å². The first kappa shape index (κ1) is 27.1. The third-order valence-corrected chi connectivity index (χ3v) is 7.37. The van der Waals surface area contributed by atoms with Crippen molar-refractivity contribution in [2.75, 3.05) is 20.3 Å². The molecule has 1 amide bonds. The van der Waals surface area contributed by atoms with Crippen molar-refractivity contribution >= 4 is 5.91 Å². The molecule has 5 heteroatoms. The van der Waals surface area contributed by atoms with Gasteiger partial charge < -0.3 is 19.8 Å². The van der Waals surface area contributed by atoms with Crippen LogP contribution in [-0.2, 0) is 9.53 Å². The monoisotopic (exact) mass is 449 g/mol. The molecule has 0 unspecified atom stereocenters. The van der Waals surface area contributed by atoms with E-state index in [1.807, 2.05) is 33.9 Å². The highest BCUT2D eigenvalue weighted by Crippen LogP contribution is 2.48. The van der Waals surface area contributed by atoms with E-state index in [2.05, 4.69) is 26.0 Å². The first-order valence-electron chi connectivity index (χ1n) is 12.6. The summed E-state index contributed by atoms with van der Waals surface area (Å²) in [5.74, 6) is 1.45. The summed E-state index contributed by atoms with van der Waals surface area (Å²) in [4.78, 5) is 13.9. The lowest BCUT2D eigenvalue weighted by molar-refractivity contribution is -0.139. The van der Waals surface area contributed by atoms with Crippen LogP contribution in [0.1, 0.15) is 79.6 Å². The van der Waals surface area contributed by atoms with Crippen LogP contribution < -0.4 is 0 Å². The van der Waals surface area contributed by atoms with Gasteiger partial charge >= 0.3 is 0 Å². The maximum atomic E-state index is 12.2. The van der Waals surface area contributed by atoms with Crippen molar-refractivity contribution in [2.24, 2.45) is 23.7 Å². The molecule has 0 aliphatic heterocycles. The Morgan fingerprint density at radius 1 is 1.38 bits per heavy atom. The summed E-state index contributed by atoms with van der Waals surface area (Å²) in [5, 5.41) is 21.0. The van der Waals surface area contributed by atoms with Crippen molar-refractivity contribution in [3.63, 3.8) is 0 Å². The maximum Gasteiger partial charge on any atom is 0.248 e. The molecule has 2 aliphatic carbocycles. The molecular formula is C27H47NO4. The number of hydrogen-bond acceptors (Lipinski definition) is 4. The molecule has 0 aromatic carbocycles. The molecule has 2 aliphatic rings. The number of unbranched alkanes of at least 4 members (excludes halogenated alkanes) is 1. The van der Waals surface area contributed by atoms with Gasteiger partial charge in [-0.25, -0.2) is 0 Å². The van der Waals surface area contributed by atoms with E-state index < -0.39 is 6.10 Å². The molecule has 0 saturated heterocycles. The molecule has 6 atom stereocenters. The van der Waals surface area contributed by atoms with Crippen molar-refractivity contribution in [1.29, 1.82) is 0 Å². The normalized spacial score (nSPS) is 27.4. The van der Waals surface area contributed by atoms with Crippen LogP contribution in [0.2, 0.25) is 0 Å². The highest BCUT2D eigenvalue weighted by molar-refractivity contribution is 5.77. The molecule has 0 aromatic rings. The highest BCUT2D eigenvalue weighted by Gasteiger charge is 2.43. The van der Waals surface area contributed by atoms with Gasteiger partial charge in [-0.15, -0.1) is 0 Å². The van der Waals surface area contributed by atoms with Crippen LogP contribution in [0.3, 0.4) is 0 Å². The number of ether oxygens (including phenoxy) is 1. The lowest BCUT2D eigenvalue weighted by Gasteiger charge is -2.31. The first-order valence-corrected chi connectivity index (χ1v) is 12.6. The summed E-state index contributed by atoms with van der Waals surface area (Å²) >= 11 is 0. The quantitative estimate of drug-likeness (QED) is 0.334. The molecule has 0 bridgehead atoms. The fourth-order valence-electron chi connectivity index (χ4n) is 5.04. The molecule has 1 saturated carbocycles. The smallest absolute Gasteiger partial charge is 0.248 e. The van der Waals surface area contributed by atoms with Gasteiger partial charge in [-0.05, 0) is 64.2 Å². The lowest BCUT2D eigenvalue weighted by atomic mass is 9.88. The minimum absolute atomic E-state index is 0.00525. The van der Waals surface area contributed by atoms with E-state index in [9.17, 15) is 15.0 Å². The van der Waals surface area contributed by atoms with Crippen molar-refractivity contribution < 1.29 is 19.7 Å². The second-order valence-corrected chi connectivity index (χ2v) is 11.1. The Balaban J connectivity index is 1.76. The molecule has 2 N–H and O–H groups in total. The number of carbonyl (C=O) groups excluding carboxylic acids is 1. The third kappa shape index (κ3) is 8.00. The fourth-order valence-corrected chi connectivity index (χ4v) is 5.04. The Morgan fingerprint density at radius 3 is 2.75 bits per heavy atom. The van der Waals surface area contributed by atoms with Gasteiger partial charge in [0.2, 0.25) is 5.91 Å². The van der Waals surface area contributed by atoms with Gasteiger partial charge in [0.25, 0.3) is 0 Å². The summed E-state index contributed by atoms with van der Waals surface area (Å²) in [6.07, 6.45) is 12.5. The molecular weight excluding hydrogens is 402 g/mol. The molecule has 32 heavy (non-hydrogen) atoms. The van der Waals surface area contributed by atoms with Gasteiger partial charge in [-0.1, -0.05) is 56.9 Å². The van der Waals surface area contributed by atoms with Crippen LogP contribution >= 0.6 is 0 Å². The average Bonchev–Trinajstić information content (AvgIpc) is 3.22. The first-order chi connectivity index (χ1) is 15.0. The molecule has 2 rings (SSSR count). The molecule has 0 radical (unpaired) electrons. The number of likely N-dealkylation sites (N-methyl/N-ethyl adjacent to an activating group) is 1. The number of nitrogens with zero attached hydrogens (tertiary/aromatic N) is 1. The number of allylic oxidation sites excluding steroid dienone is 1. The number of rotatable bonds is 12. The van der Waals surface area contributed by atoms with Gasteiger partial charge in [0.15, 0.2) is 0 Å². The Labute approximate surface area is 195 Å². The standard InChI is InChI=1S/C27H47NO4/c1-7-8-9-19(2)14-22(29)10-11-23-24-16-20(15-21(24)17-25(23)30)12-13-32-18-26(31)28(6)27(3,4)5/h10-11,15,19,21-25,29-30H,7-9,12-14,16-18H2,1-6H3/t19-,21-,22+,23+,24-,25+/m0/s1. The molecule has 0 aromatic heterocycles. The Kier molecular flexibility index (Phi) is 10.4. The number of aliphatic hydroxyl groups excluding tert-OH is 2. The van der Waals surface area contributed by atoms with E-state index in [0.717, 1.165) is 32.1 Å². The van der Waals surface area contributed by atoms with Crippen molar-refractivity contribution in [3.8, 4) is 0 Å². The van der Waals surface area contributed by atoms with Crippen molar-refractivity contribution in [3.05, 3.63) is 23.8 Å². The average molecular weight is 450 g/mol. The minimum Gasteiger partial charge on any atom is -0.392 e. The second kappa shape index (κ2) is 12.3. The fraction of sp³-hybridized carbons (Fsp3) is 0.815. The summed E-state index contributed by atoms with van der Waals surface area (Å²) in [5.41, 5.74) is 1.17. The van der Waals surface area contributed by atoms with Crippen molar-refractivity contribution in [2.45, 2.75) is 97.3 Å². The van der Waals surface area contributed by atoms with Gasteiger partial charge in [-0.3, -0.25) is 4.79 Å². The lowest BCUT2D eigenvalue weighted by Crippen LogP contribution is -2.44. The number of hydrogen-bond donors (Lipinski definition) is 2. The van der Waals surface area contributed by atoms with Crippen LogP contribution in [-0.4, -0.2) is 59.0 Å². The van der Waals surface area contributed by atoms with E-state index >= 15 is 0 Å². The van der Waals surface area contributed by atoms with Gasteiger partial charge in [0.1, 0.15) is 6.61 Å². The van der Waals surface area contributed by atoms with Crippen LogP contribution in [0.5, 0.6) is 0 Å². The van der Waals surface area contributed by atoms with E-state index in [4.69, 9.17) is 4.74 Å². The van der Waals surface area contributed by atoms with E-state index in [0.29, 0.717) is 24.4 Å². The Morgan fingerprint density at radius 2 is 2.09 bits per heavy atom. The molecule has 1 fully saturated rings. The maximum absolute atomic E-state index is 12.2. The summed E-state index contributed by atoms with van der Waals surface area (Å²) < 4.78 is 5.66. The number of amides is 1. The summed E-state index contributed by atoms with van der Waals surface area (Å²) in [6.45, 7) is 11.1. The number of fused-ring (bicyclic) bond motifs is 1. The Hall–Kier alpha value is -1.17. The largest absolute Gasteiger partial charge is 0.392 e. The van der Waals surface area contributed by atoms with Crippen LogP contribution in [0.15, 0.2) is 23.8 Å². The topological polar surface area (TPSA) is 70.0 Å². The summed E-state index contributed by atoms with van der Waals surface area (Å²) in [7, 11) is 1.81.